The van der Waals surface area contributed by atoms with E-state index in [1.54, 1.807) is 12.1 Å². The van der Waals surface area contributed by atoms with Crippen LogP contribution in [0.3, 0.4) is 0 Å². The molecular formula is C24H23NO2. The summed E-state index contributed by atoms with van der Waals surface area (Å²) in [5, 5.41) is 2.93. The van der Waals surface area contributed by atoms with E-state index in [1.165, 1.54) is 0 Å². The highest BCUT2D eigenvalue weighted by Crippen LogP contribution is 2.12. The number of hydrogen-bond donors (Lipinski definition) is 1. The van der Waals surface area contributed by atoms with Crippen molar-refractivity contribution in [3.05, 3.63) is 107 Å². The normalized spacial score (nSPS) is 11.6. The molecule has 27 heavy (non-hydrogen) atoms. The lowest BCUT2D eigenvalue weighted by Gasteiger charge is -2.19. The van der Waals surface area contributed by atoms with Gasteiger partial charge < -0.3 is 5.32 Å². The van der Waals surface area contributed by atoms with Crippen LogP contribution in [0.25, 0.3) is 0 Å². The van der Waals surface area contributed by atoms with Gasteiger partial charge in [0.1, 0.15) is 0 Å². The number of hydrogen-bond acceptors (Lipinski definition) is 2. The summed E-state index contributed by atoms with van der Waals surface area (Å²) in [5.74, 6) is -0.216. The van der Waals surface area contributed by atoms with Crippen LogP contribution in [0.15, 0.2) is 84.9 Å². The SMILES string of the molecule is Cc1ccccc1CC(=O)C(Cc1ccccc1)NC(=O)c1ccccc1. The molecule has 3 aromatic rings. The first-order valence-electron chi connectivity index (χ1n) is 9.10. The Kier molecular flexibility index (Phi) is 6.16. The fourth-order valence-electron chi connectivity index (χ4n) is 3.05. The van der Waals surface area contributed by atoms with Crippen molar-refractivity contribution in [3.63, 3.8) is 0 Å². The number of rotatable bonds is 7. The van der Waals surface area contributed by atoms with Crippen molar-refractivity contribution in [3.8, 4) is 0 Å². The fourth-order valence-corrected chi connectivity index (χ4v) is 3.05. The van der Waals surface area contributed by atoms with E-state index in [0.29, 0.717) is 18.4 Å². The highest BCUT2D eigenvalue weighted by atomic mass is 16.2. The van der Waals surface area contributed by atoms with E-state index in [-0.39, 0.29) is 11.7 Å². The van der Waals surface area contributed by atoms with Gasteiger partial charge >= 0.3 is 0 Å². The molecule has 1 amide bonds. The molecule has 3 heteroatoms. The standard InChI is InChI=1S/C24H23NO2/c1-18-10-8-9-15-21(18)17-23(26)22(16-19-11-4-2-5-12-19)25-24(27)20-13-6-3-7-14-20/h2-15,22H,16-17H2,1H3,(H,25,27). The number of carbonyl (C=O) groups is 2. The molecule has 1 N–H and O–H groups in total. The molecule has 0 heterocycles. The fraction of sp³-hybridized carbons (Fsp3) is 0.167. The van der Waals surface area contributed by atoms with Gasteiger partial charge in [0, 0.05) is 12.0 Å². The van der Waals surface area contributed by atoms with Gasteiger partial charge in [-0.25, -0.2) is 0 Å². The second kappa shape index (κ2) is 8.95. The average Bonchev–Trinajstić information content (AvgIpc) is 2.70. The maximum absolute atomic E-state index is 13.0. The van der Waals surface area contributed by atoms with Gasteiger partial charge in [-0.15, -0.1) is 0 Å². The van der Waals surface area contributed by atoms with Crippen LogP contribution in [0.4, 0.5) is 0 Å². The molecule has 0 aromatic heterocycles. The molecule has 0 aliphatic rings. The molecule has 3 aromatic carbocycles. The lowest BCUT2D eigenvalue weighted by molar-refractivity contribution is -0.120. The van der Waals surface area contributed by atoms with Gasteiger partial charge in [-0.1, -0.05) is 72.8 Å². The van der Waals surface area contributed by atoms with Crippen LogP contribution < -0.4 is 5.32 Å². The highest BCUT2D eigenvalue weighted by molar-refractivity contribution is 5.98. The molecule has 0 bridgehead atoms. The van der Waals surface area contributed by atoms with Gasteiger partial charge in [-0.3, -0.25) is 9.59 Å². The first kappa shape index (κ1) is 18.6. The zero-order valence-corrected chi connectivity index (χ0v) is 15.4. The summed E-state index contributed by atoms with van der Waals surface area (Å²) in [5.41, 5.74) is 3.65. The molecule has 0 aliphatic heterocycles. The molecule has 0 aliphatic carbocycles. The van der Waals surface area contributed by atoms with E-state index < -0.39 is 6.04 Å². The Hall–Kier alpha value is -3.20. The zero-order valence-electron chi connectivity index (χ0n) is 15.4. The van der Waals surface area contributed by atoms with Crippen molar-refractivity contribution in [1.29, 1.82) is 0 Å². The number of ketones is 1. The van der Waals surface area contributed by atoms with Crippen molar-refractivity contribution in [1.82, 2.24) is 5.32 Å². The zero-order chi connectivity index (χ0) is 19.1. The first-order chi connectivity index (χ1) is 13.1. The van der Waals surface area contributed by atoms with Crippen molar-refractivity contribution in [2.45, 2.75) is 25.8 Å². The summed E-state index contributed by atoms with van der Waals surface area (Å²) in [7, 11) is 0. The monoisotopic (exact) mass is 357 g/mol. The van der Waals surface area contributed by atoms with E-state index in [0.717, 1.165) is 16.7 Å². The van der Waals surface area contributed by atoms with Gasteiger partial charge in [0.25, 0.3) is 5.91 Å². The third kappa shape index (κ3) is 5.14. The third-order valence-electron chi connectivity index (χ3n) is 4.64. The lowest BCUT2D eigenvalue weighted by Crippen LogP contribution is -2.43. The quantitative estimate of drug-likeness (QED) is 0.690. The highest BCUT2D eigenvalue weighted by Gasteiger charge is 2.22. The predicted molar refractivity (Wildman–Crippen MR) is 108 cm³/mol. The Labute approximate surface area is 160 Å². The van der Waals surface area contributed by atoms with E-state index in [9.17, 15) is 9.59 Å². The molecule has 0 radical (unpaired) electrons. The summed E-state index contributed by atoms with van der Waals surface area (Å²) < 4.78 is 0. The maximum atomic E-state index is 13.0. The second-order valence-corrected chi connectivity index (χ2v) is 6.65. The summed E-state index contributed by atoms with van der Waals surface area (Å²) in [6.45, 7) is 2.00. The second-order valence-electron chi connectivity index (χ2n) is 6.65. The van der Waals surface area contributed by atoms with Crippen LogP contribution in [-0.2, 0) is 17.6 Å². The number of aryl methyl sites for hydroxylation is 1. The molecule has 0 saturated heterocycles. The Morgan fingerprint density at radius 1 is 0.815 bits per heavy atom. The van der Waals surface area contributed by atoms with Crippen LogP contribution in [-0.4, -0.2) is 17.7 Å². The van der Waals surface area contributed by atoms with Crippen molar-refractivity contribution in [2.75, 3.05) is 0 Å². The summed E-state index contributed by atoms with van der Waals surface area (Å²) in [6.07, 6.45) is 0.781. The molecule has 136 valence electrons. The van der Waals surface area contributed by atoms with Crippen LogP contribution >= 0.6 is 0 Å². The smallest absolute Gasteiger partial charge is 0.251 e. The topological polar surface area (TPSA) is 46.2 Å². The van der Waals surface area contributed by atoms with Crippen molar-refractivity contribution in [2.24, 2.45) is 0 Å². The Bertz CT molecular complexity index is 904. The number of benzene rings is 3. The van der Waals surface area contributed by atoms with E-state index in [4.69, 9.17) is 0 Å². The summed E-state index contributed by atoms with van der Waals surface area (Å²) in [4.78, 5) is 25.6. The molecule has 3 nitrogen and oxygen atoms in total. The Balaban J connectivity index is 1.79. The third-order valence-corrected chi connectivity index (χ3v) is 4.64. The number of amides is 1. The summed E-state index contributed by atoms with van der Waals surface area (Å²) in [6, 6.07) is 26.1. The van der Waals surface area contributed by atoms with Gasteiger partial charge in [-0.2, -0.15) is 0 Å². The molecule has 0 saturated carbocycles. The molecule has 0 fully saturated rings. The van der Waals surface area contributed by atoms with Gasteiger partial charge in [0.05, 0.1) is 6.04 Å². The number of Topliss-reactive ketones (excluding diaryl/α,β-unsaturated/α-hetero) is 1. The van der Waals surface area contributed by atoms with Gasteiger partial charge in [-0.05, 0) is 42.2 Å². The molecule has 0 spiro atoms. The lowest BCUT2D eigenvalue weighted by atomic mass is 9.95. The Morgan fingerprint density at radius 3 is 2.07 bits per heavy atom. The van der Waals surface area contributed by atoms with Gasteiger partial charge in [0.2, 0.25) is 0 Å². The van der Waals surface area contributed by atoms with E-state index in [2.05, 4.69) is 5.32 Å². The van der Waals surface area contributed by atoms with Crippen molar-refractivity contribution >= 4 is 11.7 Å². The minimum atomic E-state index is -0.570. The minimum absolute atomic E-state index is 0.0115. The van der Waals surface area contributed by atoms with Crippen molar-refractivity contribution < 1.29 is 9.59 Å². The summed E-state index contributed by atoms with van der Waals surface area (Å²) >= 11 is 0. The number of nitrogens with one attached hydrogen (secondary N) is 1. The molecular weight excluding hydrogens is 334 g/mol. The van der Waals surface area contributed by atoms with Crippen LogP contribution in [0.5, 0.6) is 0 Å². The minimum Gasteiger partial charge on any atom is -0.342 e. The van der Waals surface area contributed by atoms with Crippen LogP contribution in [0.2, 0.25) is 0 Å². The average molecular weight is 357 g/mol. The van der Waals surface area contributed by atoms with Gasteiger partial charge in [0.15, 0.2) is 5.78 Å². The van der Waals surface area contributed by atoms with E-state index in [1.807, 2.05) is 79.7 Å². The predicted octanol–water partition coefficient (Wildman–Crippen LogP) is 4.15. The Morgan fingerprint density at radius 2 is 1.41 bits per heavy atom. The first-order valence-corrected chi connectivity index (χ1v) is 9.10. The van der Waals surface area contributed by atoms with Crippen LogP contribution in [0.1, 0.15) is 27.0 Å². The molecule has 1 atom stereocenters. The van der Waals surface area contributed by atoms with E-state index >= 15 is 0 Å². The van der Waals surface area contributed by atoms with Crippen LogP contribution in [0, 0.1) is 6.92 Å². The molecule has 1 unspecified atom stereocenters. The largest absolute Gasteiger partial charge is 0.342 e. The maximum Gasteiger partial charge on any atom is 0.251 e. The number of carbonyl (C=O) groups excluding carboxylic acids is 2. The molecule has 3 rings (SSSR count).